The summed E-state index contributed by atoms with van der Waals surface area (Å²) in [6, 6.07) is 11.4. The molecule has 150 valence electrons. The number of aromatic nitrogens is 2. The number of carbonyl (C=O) groups is 1. The summed E-state index contributed by atoms with van der Waals surface area (Å²) in [7, 11) is 0. The summed E-state index contributed by atoms with van der Waals surface area (Å²) in [5.74, 6) is 0.142. The second-order valence-electron chi connectivity index (χ2n) is 6.01. The average molecular weight is 434 g/mol. The SMILES string of the molecule is CCOc1ccc(-n2ccn(CC(=O)Nc3cc(Cl)ccc3Cl)c(=O)c2=O)cc1. The summed E-state index contributed by atoms with van der Waals surface area (Å²) < 4.78 is 7.60. The molecule has 3 aromatic rings. The summed E-state index contributed by atoms with van der Waals surface area (Å²) in [6.07, 6.45) is 2.80. The lowest BCUT2D eigenvalue weighted by Gasteiger charge is -2.11. The Morgan fingerprint density at radius 2 is 1.76 bits per heavy atom. The predicted molar refractivity (Wildman–Crippen MR) is 113 cm³/mol. The molecule has 1 N–H and O–H groups in total. The zero-order valence-electron chi connectivity index (χ0n) is 15.4. The summed E-state index contributed by atoms with van der Waals surface area (Å²) >= 11 is 11.9. The van der Waals surface area contributed by atoms with Gasteiger partial charge < -0.3 is 10.1 Å². The van der Waals surface area contributed by atoms with Crippen LogP contribution in [-0.2, 0) is 11.3 Å². The van der Waals surface area contributed by atoms with Crippen molar-refractivity contribution in [2.75, 3.05) is 11.9 Å². The molecule has 0 saturated carbocycles. The Labute approximate surface area is 176 Å². The maximum absolute atomic E-state index is 12.5. The van der Waals surface area contributed by atoms with Crippen LogP contribution >= 0.6 is 23.2 Å². The lowest BCUT2D eigenvalue weighted by atomic mass is 10.3. The van der Waals surface area contributed by atoms with E-state index < -0.39 is 17.0 Å². The van der Waals surface area contributed by atoms with Crippen LogP contribution in [0.1, 0.15) is 6.92 Å². The number of carbonyl (C=O) groups excluding carboxylic acids is 1. The maximum atomic E-state index is 12.5. The number of nitrogens with one attached hydrogen (secondary N) is 1. The Morgan fingerprint density at radius 1 is 1.03 bits per heavy atom. The normalized spacial score (nSPS) is 10.6. The molecule has 2 aromatic carbocycles. The van der Waals surface area contributed by atoms with Crippen LogP contribution in [0, 0.1) is 0 Å². The van der Waals surface area contributed by atoms with Crippen molar-refractivity contribution in [2.24, 2.45) is 0 Å². The smallest absolute Gasteiger partial charge is 0.320 e. The molecule has 0 spiro atoms. The van der Waals surface area contributed by atoms with E-state index in [1.54, 1.807) is 36.4 Å². The van der Waals surface area contributed by atoms with Gasteiger partial charge in [-0.05, 0) is 49.4 Å². The number of benzene rings is 2. The molecule has 0 aliphatic carbocycles. The summed E-state index contributed by atoms with van der Waals surface area (Å²) in [6.45, 7) is 2.05. The van der Waals surface area contributed by atoms with Gasteiger partial charge >= 0.3 is 11.1 Å². The highest BCUT2D eigenvalue weighted by atomic mass is 35.5. The third-order valence-corrected chi connectivity index (χ3v) is 4.57. The fourth-order valence-corrected chi connectivity index (χ4v) is 2.98. The van der Waals surface area contributed by atoms with E-state index in [1.807, 2.05) is 6.92 Å². The van der Waals surface area contributed by atoms with E-state index >= 15 is 0 Å². The first-order valence-corrected chi connectivity index (χ1v) is 9.45. The fraction of sp³-hybridized carbons (Fsp3) is 0.150. The van der Waals surface area contributed by atoms with E-state index in [0.29, 0.717) is 33.8 Å². The minimum Gasteiger partial charge on any atom is -0.494 e. The van der Waals surface area contributed by atoms with E-state index in [1.165, 1.54) is 23.0 Å². The molecule has 9 heteroatoms. The van der Waals surface area contributed by atoms with Crippen LogP contribution in [0.2, 0.25) is 10.0 Å². The Morgan fingerprint density at radius 3 is 2.45 bits per heavy atom. The molecule has 0 aliphatic heterocycles. The topological polar surface area (TPSA) is 82.3 Å². The van der Waals surface area contributed by atoms with Crippen molar-refractivity contribution in [3.63, 3.8) is 0 Å². The Kier molecular flexibility index (Phi) is 6.41. The highest BCUT2D eigenvalue weighted by Gasteiger charge is 2.12. The van der Waals surface area contributed by atoms with E-state index in [4.69, 9.17) is 27.9 Å². The van der Waals surface area contributed by atoms with E-state index in [-0.39, 0.29) is 6.54 Å². The zero-order chi connectivity index (χ0) is 21.0. The molecule has 0 saturated heterocycles. The molecule has 0 fully saturated rings. The molecule has 1 heterocycles. The molecule has 0 atom stereocenters. The first-order valence-electron chi connectivity index (χ1n) is 8.69. The van der Waals surface area contributed by atoms with Gasteiger partial charge in [-0.25, -0.2) is 0 Å². The van der Waals surface area contributed by atoms with Crippen molar-refractivity contribution in [3.8, 4) is 11.4 Å². The van der Waals surface area contributed by atoms with Gasteiger partial charge in [-0.3, -0.25) is 23.5 Å². The second-order valence-corrected chi connectivity index (χ2v) is 6.85. The van der Waals surface area contributed by atoms with Gasteiger partial charge in [-0.1, -0.05) is 23.2 Å². The van der Waals surface area contributed by atoms with Crippen LogP contribution in [0.25, 0.3) is 5.69 Å². The second kappa shape index (κ2) is 8.98. The number of hydrogen-bond acceptors (Lipinski definition) is 4. The molecular weight excluding hydrogens is 417 g/mol. The number of halogens is 2. The predicted octanol–water partition coefficient (Wildman–Crippen LogP) is 3.34. The van der Waals surface area contributed by atoms with E-state index in [0.717, 1.165) is 4.57 Å². The largest absolute Gasteiger partial charge is 0.494 e. The fourth-order valence-electron chi connectivity index (χ4n) is 2.64. The lowest BCUT2D eigenvalue weighted by molar-refractivity contribution is -0.116. The first-order chi connectivity index (χ1) is 13.9. The minimum atomic E-state index is -0.825. The molecule has 0 radical (unpaired) electrons. The quantitative estimate of drug-likeness (QED) is 0.604. The van der Waals surface area contributed by atoms with Crippen molar-refractivity contribution in [2.45, 2.75) is 13.5 Å². The standard InChI is InChI=1S/C20H17Cl2N3O4/c1-2-29-15-6-4-14(5-7-15)25-10-9-24(19(27)20(25)28)12-18(26)23-17-11-13(21)3-8-16(17)22/h3-11H,2,12H2,1H3,(H,23,26). The van der Waals surface area contributed by atoms with Crippen molar-refractivity contribution in [3.05, 3.63) is 85.6 Å². The zero-order valence-corrected chi connectivity index (χ0v) is 16.9. The van der Waals surface area contributed by atoms with Crippen LogP contribution in [0.3, 0.4) is 0 Å². The molecule has 1 amide bonds. The molecule has 7 nitrogen and oxygen atoms in total. The molecular formula is C20H17Cl2N3O4. The summed E-state index contributed by atoms with van der Waals surface area (Å²) in [5, 5.41) is 3.28. The average Bonchev–Trinajstić information content (AvgIpc) is 2.69. The number of amides is 1. The third kappa shape index (κ3) is 4.88. The molecule has 29 heavy (non-hydrogen) atoms. The van der Waals surface area contributed by atoms with Crippen LogP contribution in [0.4, 0.5) is 5.69 Å². The van der Waals surface area contributed by atoms with E-state index in [2.05, 4.69) is 5.32 Å². The number of hydrogen-bond donors (Lipinski definition) is 1. The van der Waals surface area contributed by atoms with Crippen molar-refractivity contribution < 1.29 is 9.53 Å². The van der Waals surface area contributed by atoms with Gasteiger partial charge in [0.1, 0.15) is 12.3 Å². The van der Waals surface area contributed by atoms with Gasteiger partial charge in [0.05, 0.1) is 17.3 Å². The Bertz CT molecular complexity index is 1150. The van der Waals surface area contributed by atoms with E-state index in [9.17, 15) is 14.4 Å². The third-order valence-electron chi connectivity index (χ3n) is 4.00. The maximum Gasteiger partial charge on any atom is 0.320 e. The minimum absolute atomic E-state index is 0.306. The number of anilines is 1. The molecule has 0 bridgehead atoms. The molecule has 0 aliphatic rings. The highest BCUT2D eigenvalue weighted by Crippen LogP contribution is 2.25. The van der Waals surface area contributed by atoms with Gasteiger partial charge in [0.2, 0.25) is 5.91 Å². The summed E-state index contributed by atoms with van der Waals surface area (Å²) in [5.41, 5.74) is -0.767. The van der Waals surface area contributed by atoms with Gasteiger partial charge in [0.15, 0.2) is 0 Å². The van der Waals surface area contributed by atoms with Crippen LogP contribution in [0.15, 0.2) is 64.4 Å². The molecule has 0 unspecified atom stereocenters. The number of nitrogens with zero attached hydrogens (tertiary/aromatic N) is 2. The van der Waals surface area contributed by atoms with Gasteiger partial charge in [-0.15, -0.1) is 0 Å². The number of ether oxygens (including phenoxy) is 1. The van der Waals surface area contributed by atoms with Crippen LogP contribution < -0.4 is 21.2 Å². The van der Waals surface area contributed by atoms with Gasteiger partial charge in [0.25, 0.3) is 0 Å². The van der Waals surface area contributed by atoms with Crippen molar-refractivity contribution in [1.82, 2.24) is 9.13 Å². The van der Waals surface area contributed by atoms with Crippen LogP contribution in [-0.4, -0.2) is 21.6 Å². The van der Waals surface area contributed by atoms with Crippen molar-refractivity contribution in [1.29, 1.82) is 0 Å². The first kappa shape index (κ1) is 20.7. The molecule has 3 rings (SSSR count). The Balaban J connectivity index is 1.80. The highest BCUT2D eigenvalue weighted by molar-refractivity contribution is 6.35. The van der Waals surface area contributed by atoms with Gasteiger partial charge in [0, 0.05) is 23.1 Å². The van der Waals surface area contributed by atoms with Crippen LogP contribution in [0.5, 0.6) is 5.75 Å². The number of rotatable bonds is 6. The monoisotopic (exact) mass is 433 g/mol. The Hall–Kier alpha value is -3.03. The van der Waals surface area contributed by atoms with Crippen molar-refractivity contribution >= 4 is 34.8 Å². The lowest BCUT2D eigenvalue weighted by Crippen LogP contribution is -2.41. The summed E-state index contributed by atoms with van der Waals surface area (Å²) in [4.78, 5) is 37.2. The molecule has 1 aromatic heterocycles. The van der Waals surface area contributed by atoms with Gasteiger partial charge in [-0.2, -0.15) is 0 Å².